The molecule has 0 bridgehead atoms. The number of carbonyl (C=O) groups excluding carboxylic acids is 1. The number of hydrogen-bond acceptors (Lipinski definition) is 2. The third-order valence-corrected chi connectivity index (χ3v) is 2.85. The van der Waals surface area contributed by atoms with Crippen molar-refractivity contribution in [3.8, 4) is 0 Å². The first-order valence-electron chi connectivity index (χ1n) is 6.28. The number of carbonyl (C=O) groups is 1. The Morgan fingerprint density at radius 3 is 2.74 bits per heavy atom. The van der Waals surface area contributed by atoms with Crippen molar-refractivity contribution in [2.75, 3.05) is 6.54 Å². The van der Waals surface area contributed by atoms with Crippen LogP contribution in [0.2, 0.25) is 0 Å². The van der Waals surface area contributed by atoms with E-state index >= 15 is 0 Å². The van der Waals surface area contributed by atoms with E-state index < -0.39 is 0 Å². The minimum atomic E-state index is -0.229. The summed E-state index contributed by atoms with van der Waals surface area (Å²) in [6, 6.07) is 10.2. The molecule has 1 heterocycles. The van der Waals surface area contributed by atoms with E-state index in [1.165, 1.54) is 6.07 Å². The van der Waals surface area contributed by atoms with Crippen molar-refractivity contribution in [1.82, 2.24) is 5.32 Å². The molecule has 100 valence electrons. The summed E-state index contributed by atoms with van der Waals surface area (Å²) >= 11 is 0. The third-order valence-electron chi connectivity index (χ3n) is 2.85. The van der Waals surface area contributed by atoms with E-state index in [9.17, 15) is 9.18 Å². The maximum absolute atomic E-state index is 13.3. The second kappa shape index (κ2) is 6.73. The highest BCUT2D eigenvalue weighted by atomic mass is 19.1. The van der Waals surface area contributed by atoms with Crippen LogP contribution in [0.3, 0.4) is 0 Å². The Balaban J connectivity index is 1.68. The van der Waals surface area contributed by atoms with Gasteiger partial charge in [-0.2, -0.15) is 0 Å². The van der Waals surface area contributed by atoms with Crippen LogP contribution in [0.25, 0.3) is 0 Å². The smallest absolute Gasteiger partial charge is 0.220 e. The Bertz CT molecular complexity index is 523. The molecule has 0 saturated heterocycles. The Hall–Kier alpha value is -2.10. The number of hydrogen-bond donors (Lipinski definition) is 1. The molecule has 1 aromatic heterocycles. The van der Waals surface area contributed by atoms with E-state index in [0.717, 1.165) is 5.76 Å². The van der Waals surface area contributed by atoms with Gasteiger partial charge in [0.05, 0.1) is 6.26 Å². The van der Waals surface area contributed by atoms with Gasteiger partial charge in [-0.15, -0.1) is 0 Å². The highest BCUT2D eigenvalue weighted by Crippen LogP contribution is 2.06. The molecule has 1 aromatic carbocycles. The molecule has 4 heteroatoms. The second-order valence-electron chi connectivity index (χ2n) is 4.27. The van der Waals surface area contributed by atoms with Crippen LogP contribution in [0.4, 0.5) is 4.39 Å². The summed E-state index contributed by atoms with van der Waals surface area (Å²) in [4.78, 5) is 11.6. The van der Waals surface area contributed by atoms with E-state index in [1.807, 2.05) is 6.07 Å². The number of nitrogens with one attached hydrogen (secondary N) is 1. The van der Waals surface area contributed by atoms with Gasteiger partial charge >= 0.3 is 0 Å². The molecule has 0 aliphatic rings. The molecule has 2 aromatic rings. The number of furan rings is 1. The molecule has 0 spiro atoms. The first-order valence-corrected chi connectivity index (χ1v) is 6.28. The average molecular weight is 261 g/mol. The molecule has 0 fully saturated rings. The molecule has 1 N–H and O–H groups in total. The van der Waals surface area contributed by atoms with Gasteiger partial charge in [-0.1, -0.05) is 18.2 Å². The topological polar surface area (TPSA) is 42.2 Å². The molecular weight excluding hydrogens is 245 g/mol. The summed E-state index contributed by atoms with van der Waals surface area (Å²) in [5, 5.41) is 2.77. The van der Waals surface area contributed by atoms with Gasteiger partial charge in [0.2, 0.25) is 5.91 Å². The number of aryl methyl sites for hydroxylation is 1. The van der Waals surface area contributed by atoms with Gasteiger partial charge in [-0.05, 0) is 30.2 Å². The molecule has 3 nitrogen and oxygen atoms in total. The summed E-state index contributed by atoms with van der Waals surface area (Å²) in [6.07, 6.45) is 3.05. The first kappa shape index (κ1) is 13.3. The summed E-state index contributed by atoms with van der Waals surface area (Å²) in [5.41, 5.74) is 0.619. The largest absolute Gasteiger partial charge is 0.469 e. The van der Waals surface area contributed by atoms with Gasteiger partial charge in [-0.25, -0.2) is 4.39 Å². The Morgan fingerprint density at radius 1 is 1.16 bits per heavy atom. The summed E-state index contributed by atoms with van der Waals surface area (Å²) in [7, 11) is 0. The predicted octanol–water partition coefficient (Wildman–Crippen LogP) is 2.71. The van der Waals surface area contributed by atoms with Crippen LogP contribution in [0.15, 0.2) is 47.1 Å². The third kappa shape index (κ3) is 4.25. The van der Waals surface area contributed by atoms with Crippen LogP contribution >= 0.6 is 0 Å². The predicted molar refractivity (Wildman–Crippen MR) is 70.1 cm³/mol. The fourth-order valence-electron chi connectivity index (χ4n) is 1.82. The van der Waals surface area contributed by atoms with Gasteiger partial charge in [0, 0.05) is 19.4 Å². The number of rotatable bonds is 6. The van der Waals surface area contributed by atoms with Crippen LogP contribution in [0, 0.1) is 5.82 Å². The first-order chi connectivity index (χ1) is 9.25. The zero-order chi connectivity index (χ0) is 13.5. The Morgan fingerprint density at radius 2 is 2.00 bits per heavy atom. The van der Waals surface area contributed by atoms with E-state index in [0.29, 0.717) is 31.4 Å². The monoisotopic (exact) mass is 261 g/mol. The van der Waals surface area contributed by atoms with Crippen LogP contribution in [-0.2, 0) is 17.6 Å². The van der Waals surface area contributed by atoms with Crippen molar-refractivity contribution < 1.29 is 13.6 Å². The Labute approximate surface area is 111 Å². The van der Waals surface area contributed by atoms with Crippen molar-refractivity contribution in [1.29, 1.82) is 0 Å². The molecule has 0 saturated carbocycles. The molecule has 19 heavy (non-hydrogen) atoms. The normalized spacial score (nSPS) is 10.4. The summed E-state index contributed by atoms with van der Waals surface area (Å²) in [5.74, 6) is 0.518. The van der Waals surface area contributed by atoms with Crippen LogP contribution in [0.5, 0.6) is 0 Å². The van der Waals surface area contributed by atoms with Crippen molar-refractivity contribution >= 4 is 5.91 Å². The van der Waals surface area contributed by atoms with Gasteiger partial charge in [0.15, 0.2) is 0 Å². The molecule has 1 amide bonds. The quantitative estimate of drug-likeness (QED) is 0.868. The maximum Gasteiger partial charge on any atom is 0.220 e. The van der Waals surface area contributed by atoms with Gasteiger partial charge in [0.1, 0.15) is 11.6 Å². The van der Waals surface area contributed by atoms with Crippen molar-refractivity contribution in [3.63, 3.8) is 0 Å². The van der Waals surface area contributed by atoms with E-state index in [4.69, 9.17) is 4.42 Å². The van der Waals surface area contributed by atoms with E-state index in [-0.39, 0.29) is 11.7 Å². The fraction of sp³-hybridized carbons (Fsp3) is 0.267. The molecule has 0 unspecified atom stereocenters. The Kier molecular flexibility index (Phi) is 4.72. The highest BCUT2D eigenvalue weighted by molar-refractivity contribution is 5.76. The zero-order valence-corrected chi connectivity index (χ0v) is 10.6. The molecular formula is C15H16FNO2. The SMILES string of the molecule is O=C(CCc1ccco1)NCCc1ccccc1F. The summed E-state index contributed by atoms with van der Waals surface area (Å²) in [6.45, 7) is 0.442. The van der Waals surface area contributed by atoms with Gasteiger partial charge in [0.25, 0.3) is 0 Å². The molecule has 0 aliphatic carbocycles. The van der Waals surface area contributed by atoms with E-state index in [1.54, 1.807) is 30.5 Å². The lowest BCUT2D eigenvalue weighted by Crippen LogP contribution is -2.26. The van der Waals surface area contributed by atoms with Crippen LogP contribution in [0.1, 0.15) is 17.7 Å². The second-order valence-corrected chi connectivity index (χ2v) is 4.27. The lowest BCUT2D eigenvalue weighted by Gasteiger charge is -2.05. The number of amides is 1. The average Bonchev–Trinajstić information content (AvgIpc) is 2.92. The minimum Gasteiger partial charge on any atom is -0.469 e. The standard InChI is InChI=1S/C15H16FNO2/c16-14-6-2-1-4-12(14)9-10-17-15(18)8-7-13-5-3-11-19-13/h1-6,11H,7-10H2,(H,17,18). The number of benzene rings is 1. The molecule has 2 rings (SSSR count). The van der Waals surface area contributed by atoms with Gasteiger partial charge < -0.3 is 9.73 Å². The van der Waals surface area contributed by atoms with Crippen molar-refractivity contribution in [3.05, 3.63) is 59.8 Å². The summed E-state index contributed by atoms with van der Waals surface area (Å²) < 4.78 is 18.5. The van der Waals surface area contributed by atoms with Crippen LogP contribution in [-0.4, -0.2) is 12.5 Å². The zero-order valence-electron chi connectivity index (χ0n) is 10.6. The lowest BCUT2D eigenvalue weighted by molar-refractivity contribution is -0.121. The highest BCUT2D eigenvalue weighted by Gasteiger charge is 2.05. The van der Waals surface area contributed by atoms with Crippen LogP contribution < -0.4 is 5.32 Å². The van der Waals surface area contributed by atoms with E-state index in [2.05, 4.69) is 5.32 Å². The van der Waals surface area contributed by atoms with Crippen molar-refractivity contribution in [2.24, 2.45) is 0 Å². The number of halogens is 1. The molecule has 0 atom stereocenters. The maximum atomic E-state index is 13.3. The molecule has 0 aliphatic heterocycles. The fourth-order valence-corrected chi connectivity index (χ4v) is 1.82. The lowest BCUT2D eigenvalue weighted by atomic mass is 10.1. The molecule has 0 radical (unpaired) electrons. The van der Waals surface area contributed by atoms with Gasteiger partial charge in [-0.3, -0.25) is 4.79 Å². The van der Waals surface area contributed by atoms with Crippen molar-refractivity contribution in [2.45, 2.75) is 19.3 Å². The minimum absolute atomic E-state index is 0.0484.